The normalized spacial score (nSPS) is 30.9. The summed E-state index contributed by atoms with van der Waals surface area (Å²) in [6.45, 7) is -0.0821. The minimum Gasteiger partial charge on any atom is -0.392 e. The summed E-state index contributed by atoms with van der Waals surface area (Å²) in [5.74, 6) is -0.252. The summed E-state index contributed by atoms with van der Waals surface area (Å²) in [6, 6.07) is -0.416. The molecule has 0 amide bonds. The van der Waals surface area contributed by atoms with Crippen LogP contribution in [-0.2, 0) is 10.2 Å². The van der Waals surface area contributed by atoms with Crippen LogP contribution in [0.15, 0.2) is 40.4 Å². The Morgan fingerprint density at radius 1 is 1.59 bits per heavy atom. The third-order valence-electron chi connectivity index (χ3n) is 2.57. The third-order valence-corrected chi connectivity index (χ3v) is 3.59. The molecule has 2 atom stereocenters. The Balaban J connectivity index is 2.39. The number of amidine groups is 1. The molecule has 92 valence electrons. The molecule has 0 aromatic carbocycles. The van der Waals surface area contributed by atoms with Crippen molar-refractivity contribution in [3.05, 3.63) is 36.0 Å². The monoisotopic (exact) mass is 255 g/mol. The number of allylic oxidation sites excluding steroid dienone is 3. The van der Waals surface area contributed by atoms with E-state index in [2.05, 4.69) is 9.12 Å². The van der Waals surface area contributed by atoms with Gasteiger partial charge in [-0.1, -0.05) is 30.4 Å². The fraction of sp³-hybridized carbons (Fsp3) is 0.300. The molecular formula is C10H13N3O3S. The predicted molar refractivity (Wildman–Crippen MR) is 64.4 cm³/mol. The van der Waals surface area contributed by atoms with Crippen LogP contribution in [0.1, 0.15) is 0 Å². The summed E-state index contributed by atoms with van der Waals surface area (Å²) >= 11 is 0. The van der Waals surface area contributed by atoms with Crippen LogP contribution in [0.4, 0.5) is 0 Å². The van der Waals surface area contributed by atoms with Gasteiger partial charge in [-0.05, 0) is 5.57 Å². The molecule has 0 fully saturated rings. The van der Waals surface area contributed by atoms with Crippen LogP contribution in [0.25, 0.3) is 0 Å². The van der Waals surface area contributed by atoms with Crippen LogP contribution in [-0.4, -0.2) is 32.0 Å². The highest BCUT2D eigenvalue weighted by molar-refractivity contribution is 7.88. The van der Waals surface area contributed by atoms with Gasteiger partial charge in [0.15, 0.2) is 0 Å². The van der Waals surface area contributed by atoms with E-state index in [4.69, 9.17) is 10.8 Å². The molecule has 2 unspecified atom stereocenters. The van der Waals surface area contributed by atoms with Crippen LogP contribution in [0.2, 0.25) is 0 Å². The van der Waals surface area contributed by atoms with Gasteiger partial charge in [0.1, 0.15) is 5.84 Å². The van der Waals surface area contributed by atoms with Gasteiger partial charge in [0.25, 0.3) is 0 Å². The molecule has 7 heteroatoms. The van der Waals surface area contributed by atoms with Crippen LogP contribution in [0.3, 0.4) is 0 Å². The highest BCUT2D eigenvalue weighted by Gasteiger charge is 2.35. The summed E-state index contributed by atoms with van der Waals surface area (Å²) in [4.78, 5) is 0. The van der Waals surface area contributed by atoms with E-state index >= 15 is 0 Å². The van der Waals surface area contributed by atoms with Crippen molar-refractivity contribution in [2.45, 2.75) is 6.04 Å². The standard InChI is InChI=1S/C10H13N3O3S/c11-10-9-7(4-2-6-14)3-1-5-8(9)12-17(15,16)13-10/h1-5,8-9,12,14H,6H2,(H2,11,13)/b4-2+. The number of hydrogen-bond donors (Lipinski definition) is 3. The molecule has 0 spiro atoms. The molecule has 0 aromatic heterocycles. The highest BCUT2D eigenvalue weighted by atomic mass is 32.2. The first-order chi connectivity index (χ1) is 8.03. The van der Waals surface area contributed by atoms with E-state index in [1.54, 1.807) is 24.3 Å². The first kappa shape index (κ1) is 12.0. The van der Waals surface area contributed by atoms with Gasteiger partial charge in [0, 0.05) is 0 Å². The lowest BCUT2D eigenvalue weighted by molar-refractivity contribution is 0.342. The maximum atomic E-state index is 11.3. The fourth-order valence-corrected chi connectivity index (χ4v) is 2.91. The molecule has 6 nitrogen and oxygen atoms in total. The lowest BCUT2D eigenvalue weighted by atomic mass is 9.86. The first-order valence-electron chi connectivity index (χ1n) is 5.07. The Kier molecular flexibility index (Phi) is 3.14. The van der Waals surface area contributed by atoms with Crippen molar-refractivity contribution >= 4 is 16.0 Å². The molecule has 1 aliphatic carbocycles. The zero-order valence-electron chi connectivity index (χ0n) is 8.95. The van der Waals surface area contributed by atoms with E-state index < -0.39 is 16.3 Å². The fourth-order valence-electron chi connectivity index (χ4n) is 1.91. The van der Waals surface area contributed by atoms with Gasteiger partial charge in [0.05, 0.1) is 18.6 Å². The van der Waals surface area contributed by atoms with Gasteiger partial charge in [0.2, 0.25) is 0 Å². The van der Waals surface area contributed by atoms with Gasteiger partial charge in [-0.25, -0.2) is 0 Å². The van der Waals surface area contributed by atoms with E-state index in [0.29, 0.717) is 0 Å². The second kappa shape index (κ2) is 4.44. The highest BCUT2D eigenvalue weighted by Crippen LogP contribution is 2.26. The topological polar surface area (TPSA) is 105 Å². The number of aliphatic hydroxyl groups excluding tert-OH is 1. The largest absolute Gasteiger partial charge is 0.392 e. The number of fused-ring (bicyclic) bond motifs is 1. The van der Waals surface area contributed by atoms with Crippen LogP contribution in [0.5, 0.6) is 0 Å². The molecule has 0 saturated carbocycles. The van der Waals surface area contributed by atoms with Gasteiger partial charge in [-0.15, -0.1) is 4.40 Å². The summed E-state index contributed by atoms with van der Waals surface area (Å²) in [6.07, 6.45) is 8.57. The van der Waals surface area contributed by atoms with Gasteiger partial charge >= 0.3 is 10.2 Å². The minimum absolute atomic E-state index is 0.0620. The molecule has 0 bridgehead atoms. The number of hydrogen-bond acceptors (Lipinski definition) is 4. The average molecular weight is 255 g/mol. The Hall–Kier alpha value is -1.44. The summed E-state index contributed by atoms with van der Waals surface area (Å²) in [5, 5.41) is 8.74. The predicted octanol–water partition coefficient (Wildman–Crippen LogP) is -0.779. The Morgan fingerprint density at radius 2 is 2.35 bits per heavy atom. The lowest BCUT2D eigenvalue weighted by Crippen LogP contribution is -2.50. The maximum absolute atomic E-state index is 11.3. The molecular weight excluding hydrogens is 242 g/mol. The molecule has 2 rings (SSSR count). The van der Waals surface area contributed by atoms with E-state index in [1.807, 2.05) is 6.08 Å². The van der Waals surface area contributed by atoms with Crippen molar-refractivity contribution in [3.8, 4) is 0 Å². The van der Waals surface area contributed by atoms with Crippen LogP contribution >= 0.6 is 0 Å². The van der Waals surface area contributed by atoms with Crippen molar-refractivity contribution in [1.82, 2.24) is 4.72 Å². The Bertz CT molecular complexity index is 531. The van der Waals surface area contributed by atoms with Gasteiger partial charge in [-0.2, -0.15) is 13.1 Å². The van der Waals surface area contributed by atoms with E-state index in [1.165, 1.54) is 0 Å². The quantitative estimate of drug-likeness (QED) is 0.602. The zero-order valence-corrected chi connectivity index (χ0v) is 9.76. The van der Waals surface area contributed by atoms with Crippen LogP contribution < -0.4 is 10.5 Å². The van der Waals surface area contributed by atoms with Crippen molar-refractivity contribution < 1.29 is 13.5 Å². The maximum Gasteiger partial charge on any atom is 0.322 e. The van der Waals surface area contributed by atoms with Crippen molar-refractivity contribution in [2.24, 2.45) is 16.0 Å². The number of rotatable bonds is 2. The zero-order chi connectivity index (χ0) is 12.5. The Morgan fingerprint density at radius 3 is 3.06 bits per heavy atom. The second-order valence-corrected chi connectivity index (χ2v) is 5.12. The summed E-state index contributed by atoms with van der Waals surface area (Å²) < 4.78 is 28.5. The molecule has 4 N–H and O–H groups in total. The summed E-state index contributed by atoms with van der Waals surface area (Å²) in [5.41, 5.74) is 6.50. The molecule has 0 radical (unpaired) electrons. The molecule has 0 aromatic rings. The SMILES string of the molecule is NC1=NS(=O)(=O)NC2C=CC=C(/C=C/CO)C12. The van der Waals surface area contributed by atoms with Crippen LogP contribution in [0, 0.1) is 5.92 Å². The minimum atomic E-state index is -3.69. The second-order valence-electron chi connectivity index (χ2n) is 3.75. The van der Waals surface area contributed by atoms with E-state index in [-0.39, 0.29) is 18.4 Å². The molecule has 17 heavy (non-hydrogen) atoms. The number of aliphatic hydroxyl groups is 1. The lowest BCUT2D eigenvalue weighted by Gasteiger charge is -2.30. The van der Waals surface area contributed by atoms with E-state index in [0.717, 1.165) is 5.57 Å². The number of nitrogens with two attached hydrogens (primary N) is 1. The van der Waals surface area contributed by atoms with Crippen molar-refractivity contribution in [2.75, 3.05) is 6.61 Å². The molecule has 2 aliphatic rings. The van der Waals surface area contributed by atoms with Crippen molar-refractivity contribution in [1.29, 1.82) is 0 Å². The number of nitrogens with one attached hydrogen (secondary N) is 1. The molecule has 1 aliphatic heterocycles. The van der Waals surface area contributed by atoms with E-state index in [9.17, 15) is 8.42 Å². The first-order valence-corrected chi connectivity index (χ1v) is 6.51. The molecule has 0 saturated heterocycles. The molecule has 1 heterocycles. The van der Waals surface area contributed by atoms with Gasteiger partial charge in [-0.3, -0.25) is 0 Å². The smallest absolute Gasteiger partial charge is 0.322 e. The van der Waals surface area contributed by atoms with Gasteiger partial charge < -0.3 is 10.8 Å². The average Bonchev–Trinajstić information content (AvgIpc) is 2.23. The third kappa shape index (κ3) is 2.46. The number of nitrogens with zero attached hydrogens (tertiary/aromatic N) is 1. The van der Waals surface area contributed by atoms with Crippen molar-refractivity contribution in [3.63, 3.8) is 0 Å². The Labute approximate surface area is 99.4 Å². The summed E-state index contributed by atoms with van der Waals surface area (Å²) in [7, 11) is -3.69.